The molecule has 0 unspecified atom stereocenters. The molecule has 0 spiro atoms. The van der Waals surface area contributed by atoms with Gasteiger partial charge in [0.2, 0.25) is 5.91 Å². The molecule has 0 aliphatic rings. The molecule has 2 aromatic rings. The van der Waals surface area contributed by atoms with Gasteiger partial charge in [0.15, 0.2) is 0 Å². The lowest BCUT2D eigenvalue weighted by atomic mass is 10.1. The van der Waals surface area contributed by atoms with Crippen LogP contribution in [0.25, 0.3) is 0 Å². The average Bonchev–Trinajstić information content (AvgIpc) is 2.66. The molecule has 0 radical (unpaired) electrons. The Balaban J connectivity index is 1.95. The zero-order valence-electron chi connectivity index (χ0n) is 15.5. The zero-order chi connectivity index (χ0) is 19.1. The second-order valence-corrected chi connectivity index (χ2v) is 5.95. The summed E-state index contributed by atoms with van der Waals surface area (Å²) < 4.78 is 10.6. The highest BCUT2D eigenvalue weighted by molar-refractivity contribution is 5.96. The van der Waals surface area contributed by atoms with Gasteiger partial charge in [0.25, 0.3) is 5.91 Å². The molecular formula is C20H24N2O4. The Morgan fingerprint density at radius 3 is 2.35 bits per heavy atom. The molecule has 0 saturated carbocycles. The smallest absolute Gasteiger partial charge is 0.251 e. The van der Waals surface area contributed by atoms with Crippen LogP contribution in [0, 0.1) is 6.92 Å². The largest absolute Gasteiger partial charge is 0.497 e. The Kier molecular flexibility index (Phi) is 6.60. The van der Waals surface area contributed by atoms with Gasteiger partial charge in [0.05, 0.1) is 26.8 Å². The maximum Gasteiger partial charge on any atom is 0.251 e. The predicted molar refractivity (Wildman–Crippen MR) is 99.6 cm³/mol. The quantitative estimate of drug-likeness (QED) is 0.800. The van der Waals surface area contributed by atoms with Crippen LogP contribution >= 0.6 is 0 Å². The van der Waals surface area contributed by atoms with Crippen LogP contribution < -0.4 is 20.1 Å². The fraction of sp³-hybridized carbons (Fsp3) is 0.300. The number of carbonyl (C=O) groups is 2. The SMILES string of the molecule is COc1ccc(OC)c([C@@H](C)NC(=O)CNC(=O)c2ccc(C)cc2)c1. The highest BCUT2D eigenvalue weighted by Crippen LogP contribution is 2.29. The molecular weight excluding hydrogens is 332 g/mol. The van der Waals surface area contributed by atoms with Crippen LogP contribution in [0.4, 0.5) is 0 Å². The van der Waals surface area contributed by atoms with Crippen molar-refractivity contribution in [3.05, 3.63) is 59.2 Å². The lowest BCUT2D eigenvalue weighted by molar-refractivity contribution is -0.120. The predicted octanol–water partition coefficient (Wildman–Crippen LogP) is 2.62. The van der Waals surface area contributed by atoms with Crippen LogP contribution in [0.2, 0.25) is 0 Å². The topological polar surface area (TPSA) is 76.7 Å². The van der Waals surface area contributed by atoms with E-state index in [2.05, 4.69) is 10.6 Å². The third-order valence-electron chi connectivity index (χ3n) is 4.00. The van der Waals surface area contributed by atoms with Crippen molar-refractivity contribution in [1.29, 1.82) is 0 Å². The van der Waals surface area contributed by atoms with Crippen LogP contribution in [0.3, 0.4) is 0 Å². The number of hydrogen-bond donors (Lipinski definition) is 2. The molecule has 1 atom stereocenters. The normalized spacial score (nSPS) is 11.4. The molecule has 0 aromatic heterocycles. The van der Waals surface area contributed by atoms with Crippen molar-refractivity contribution in [1.82, 2.24) is 10.6 Å². The van der Waals surface area contributed by atoms with E-state index in [0.29, 0.717) is 17.1 Å². The summed E-state index contributed by atoms with van der Waals surface area (Å²) in [5.74, 6) is 0.756. The van der Waals surface area contributed by atoms with Crippen molar-refractivity contribution in [2.75, 3.05) is 20.8 Å². The molecule has 0 fully saturated rings. The van der Waals surface area contributed by atoms with E-state index in [4.69, 9.17) is 9.47 Å². The number of carbonyl (C=O) groups excluding carboxylic acids is 2. The van der Waals surface area contributed by atoms with Gasteiger partial charge >= 0.3 is 0 Å². The zero-order valence-corrected chi connectivity index (χ0v) is 15.5. The first-order valence-corrected chi connectivity index (χ1v) is 8.30. The van der Waals surface area contributed by atoms with E-state index in [-0.39, 0.29) is 24.4 Å². The number of benzene rings is 2. The van der Waals surface area contributed by atoms with Gasteiger partial charge in [-0.25, -0.2) is 0 Å². The Morgan fingerprint density at radius 1 is 1.04 bits per heavy atom. The molecule has 0 saturated heterocycles. The van der Waals surface area contributed by atoms with Gasteiger partial charge in [0, 0.05) is 11.1 Å². The Morgan fingerprint density at radius 2 is 1.73 bits per heavy atom. The van der Waals surface area contributed by atoms with Crippen LogP contribution in [0.15, 0.2) is 42.5 Å². The van der Waals surface area contributed by atoms with E-state index in [0.717, 1.165) is 11.1 Å². The van der Waals surface area contributed by atoms with E-state index >= 15 is 0 Å². The van der Waals surface area contributed by atoms with Gasteiger partial charge in [-0.05, 0) is 44.2 Å². The summed E-state index contributed by atoms with van der Waals surface area (Å²) in [5, 5.41) is 5.47. The van der Waals surface area contributed by atoms with E-state index in [1.54, 1.807) is 38.5 Å². The summed E-state index contributed by atoms with van der Waals surface area (Å²) in [6, 6.07) is 12.3. The minimum Gasteiger partial charge on any atom is -0.497 e. The van der Waals surface area contributed by atoms with E-state index in [1.807, 2.05) is 32.0 Å². The van der Waals surface area contributed by atoms with Crippen molar-refractivity contribution in [2.24, 2.45) is 0 Å². The third-order valence-corrected chi connectivity index (χ3v) is 4.00. The van der Waals surface area contributed by atoms with Crippen molar-refractivity contribution in [2.45, 2.75) is 19.9 Å². The maximum absolute atomic E-state index is 12.2. The highest BCUT2D eigenvalue weighted by Gasteiger charge is 2.16. The third kappa shape index (κ3) is 4.99. The summed E-state index contributed by atoms with van der Waals surface area (Å²) in [6.07, 6.45) is 0. The standard InChI is InChI=1S/C20H24N2O4/c1-13-5-7-15(8-6-13)20(24)21-12-19(23)22-14(2)17-11-16(25-3)9-10-18(17)26-4/h5-11,14H,12H2,1-4H3,(H,21,24)(H,22,23)/t14-/m1/s1. The van der Waals surface area contributed by atoms with Gasteiger partial charge in [0.1, 0.15) is 11.5 Å². The fourth-order valence-corrected chi connectivity index (χ4v) is 2.52. The summed E-state index contributed by atoms with van der Waals surface area (Å²) in [4.78, 5) is 24.2. The molecule has 2 rings (SSSR count). The Hall–Kier alpha value is -3.02. The minimum atomic E-state index is -0.302. The Bertz CT molecular complexity index is 772. The summed E-state index contributed by atoms with van der Waals surface area (Å²) in [7, 11) is 3.15. The monoisotopic (exact) mass is 356 g/mol. The van der Waals surface area contributed by atoms with Crippen molar-refractivity contribution >= 4 is 11.8 Å². The van der Waals surface area contributed by atoms with Crippen LogP contribution in [0.1, 0.15) is 34.5 Å². The minimum absolute atomic E-state index is 0.108. The maximum atomic E-state index is 12.2. The van der Waals surface area contributed by atoms with E-state index in [1.165, 1.54) is 0 Å². The van der Waals surface area contributed by atoms with Gasteiger partial charge < -0.3 is 20.1 Å². The van der Waals surface area contributed by atoms with Crippen molar-refractivity contribution < 1.29 is 19.1 Å². The summed E-state index contributed by atoms with van der Waals surface area (Å²) >= 11 is 0. The first kappa shape index (κ1) is 19.3. The lowest BCUT2D eigenvalue weighted by Gasteiger charge is -2.18. The fourth-order valence-electron chi connectivity index (χ4n) is 2.52. The van der Waals surface area contributed by atoms with E-state index in [9.17, 15) is 9.59 Å². The number of hydrogen-bond acceptors (Lipinski definition) is 4. The molecule has 0 aliphatic carbocycles. The van der Waals surface area contributed by atoms with Crippen molar-refractivity contribution in [3.8, 4) is 11.5 Å². The van der Waals surface area contributed by atoms with Gasteiger partial charge in [-0.2, -0.15) is 0 Å². The second kappa shape index (κ2) is 8.89. The molecule has 0 heterocycles. The Labute approximate surface area is 153 Å². The number of amides is 2. The molecule has 2 amide bonds. The molecule has 0 aliphatic heterocycles. The van der Waals surface area contributed by atoms with Gasteiger partial charge in [-0.3, -0.25) is 9.59 Å². The summed E-state index contributed by atoms with van der Waals surface area (Å²) in [6.45, 7) is 3.68. The molecule has 26 heavy (non-hydrogen) atoms. The van der Waals surface area contributed by atoms with Crippen LogP contribution in [-0.4, -0.2) is 32.6 Å². The number of aryl methyl sites for hydroxylation is 1. The second-order valence-electron chi connectivity index (χ2n) is 5.95. The lowest BCUT2D eigenvalue weighted by Crippen LogP contribution is -2.38. The van der Waals surface area contributed by atoms with Crippen LogP contribution in [0.5, 0.6) is 11.5 Å². The molecule has 2 aromatic carbocycles. The first-order valence-electron chi connectivity index (χ1n) is 8.30. The molecule has 6 nitrogen and oxygen atoms in total. The van der Waals surface area contributed by atoms with Crippen molar-refractivity contribution in [3.63, 3.8) is 0 Å². The van der Waals surface area contributed by atoms with Gasteiger partial charge in [-0.1, -0.05) is 17.7 Å². The first-order chi connectivity index (χ1) is 12.4. The van der Waals surface area contributed by atoms with E-state index < -0.39 is 0 Å². The molecule has 6 heteroatoms. The number of nitrogens with one attached hydrogen (secondary N) is 2. The van der Waals surface area contributed by atoms with Crippen LogP contribution in [-0.2, 0) is 4.79 Å². The number of rotatable bonds is 7. The molecule has 138 valence electrons. The molecule has 0 bridgehead atoms. The highest BCUT2D eigenvalue weighted by atomic mass is 16.5. The summed E-state index contributed by atoms with van der Waals surface area (Å²) in [5.41, 5.74) is 2.39. The number of methoxy groups -OCH3 is 2. The number of ether oxygens (including phenoxy) is 2. The molecule has 2 N–H and O–H groups in total. The van der Waals surface area contributed by atoms with Gasteiger partial charge in [-0.15, -0.1) is 0 Å². The average molecular weight is 356 g/mol.